The van der Waals surface area contributed by atoms with Gasteiger partial charge in [0.15, 0.2) is 0 Å². The second kappa shape index (κ2) is 4.39. The van der Waals surface area contributed by atoms with E-state index in [0.717, 1.165) is 11.4 Å². The van der Waals surface area contributed by atoms with E-state index in [4.69, 9.17) is 10.8 Å². The van der Waals surface area contributed by atoms with Crippen LogP contribution in [0.25, 0.3) is 0 Å². The summed E-state index contributed by atoms with van der Waals surface area (Å²) in [4.78, 5) is 0. The SMILES string of the molecule is CC(C)c1cc(C(CN)CO)[nH]n1. The molecule has 1 heterocycles. The normalized spacial score (nSPS) is 13.6. The number of H-pyrrole nitrogens is 1. The highest BCUT2D eigenvalue weighted by Gasteiger charge is 2.12. The molecule has 0 fully saturated rings. The predicted molar refractivity (Wildman–Crippen MR) is 51.6 cm³/mol. The van der Waals surface area contributed by atoms with Gasteiger partial charge in [0.2, 0.25) is 0 Å². The zero-order valence-electron chi connectivity index (χ0n) is 8.12. The fourth-order valence-corrected chi connectivity index (χ4v) is 1.16. The number of nitrogens with one attached hydrogen (secondary N) is 1. The van der Waals surface area contributed by atoms with E-state index in [-0.39, 0.29) is 12.5 Å². The molecule has 4 heteroatoms. The van der Waals surface area contributed by atoms with Crippen LogP contribution in [-0.2, 0) is 0 Å². The molecule has 0 radical (unpaired) electrons. The molecule has 0 saturated heterocycles. The van der Waals surface area contributed by atoms with E-state index in [1.807, 2.05) is 6.07 Å². The fourth-order valence-electron chi connectivity index (χ4n) is 1.16. The van der Waals surface area contributed by atoms with Crippen LogP contribution in [0.4, 0.5) is 0 Å². The molecule has 0 aromatic carbocycles. The first-order valence-electron chi connectivity index (χ1n) is 4.55. The van der Waals surface area contributed by atoms with Gasteiger partial charge in [-0.3, -0.25) is 5.10 Å². The van der Waals surface area contributed by atoms with Gasteiger partial charge in [-0.1, -0.05) is 13.8 Å². The quantitative estimate of drug-likeness (QED) is 0.638. The summed E-state index contributed by atoms with van der Waals surface area (Å²) in [5, 5.41) is 16.0. The lowest BCUT2D eigenvalue weighted by Gasteiger charge is -2.07. The molecule has 0 spiro atoms. The van der Waals surface area contributed by atoms with Gasteiger partial charge in [-0.05, 0) is 12.0 Å². The summed E-state index contributed by atoms with van der Waals surface area (Å²) in [6, 6.07) is 1.97. The van der Waals surface area contributed by atoms with Crippen molar-refractivity contribution in [2.24, 2.45) is 5.73 Å². The van der Waals surface area contributed by atoms with Gasteiger partial charge in [0.25, 0.3) is 0 Å². The minimum absolute atomic E-state index is 0.0139. The van der Waals surface area contributed by atoms with Crippen molar-refractivity contribution in [1.82, 2.24) is 10.2 Å². The maximum absolute atomic E-state index is 9.00. The van der Waals surface area contributed by atoms with Crippen LogP contribution in [0.5, 0.6) is 0 Å². The highest BCUT2D eigenvalue weighted by Crippen LogP contribution is 2.17. The summed E-state index contributed by atoms with van der Waals surface area (Å²) in [5.41, 5.74) is 7.43. The van der Waals surface area contributed by atoms with Crippen LogP contribution < -0.4 is 5.73 Å². The Morgan fingerprint density at radius 1 is 1.62 bits per heavy atom. The summed E-state index contributed by atoms with van der Waals surface area (Å²) in [6.45, 7) is 4.67. The van der Waals surface area contributed by atoms with Gasteiger partial charge >= 0.3 is 0 Å². The maximum atomic E-state index is 9.00. The smallest absolute Gasteiger partial charge is 0.0650 e. The van der Waals surface area contributed by atoms with E-state index in [2.05, 4.69) is 24.0 Å². The van der Waals surface area contributed by atoms with E-state index < -0.39 is 0 Å². The third kappa shape index (κ3) is 2.29. The number of aromatic amines is 1. The first kappa shape index (κ1) is 10.2. The molecule has 4 N–H and O–H groups in total. The maximum Gasteiger partial charge on any atom is 0.0650 e. The lowest BCUT2D eigenvalue weighted by molar-refractivity contribution is 0.265. The van der Waals surface area contributed by atoms with E-state index in [1.54, 1.807) is 0 Å². The zero-order chi connectivity index (χ0) is 9.84. The standard InChI is InChI=1S/C9H17N3O/c1-6(2)8-3-9(12-11-8)7(4-10)5-13/h3,6-7,13H,4-5,10H2,1-2H3,(H,11,12). The number of nitrogens with two attached hydrogens (primary N) is 1. The Labute approximate surface area is 78.2 Å². The molecule has 4 nitrogen and oxygen atoms in total. The Kier molecular flexibility index (Phi) is 3.45. The third-order valence-electron chi connectivity index (χ3n) is 2.15. The van der Waals surface area contributed by atoms with E-state index in [9.17, 15) is 0 Å². The first-order chi connectivity index (χ1) is 6.19. The number of rotatable bonds is 4. The molecule has 1 aromatic rings. The van der Waals surface area contributed by atoms with Crippen molar-refractivity contribution in [3.05, 3.63) is 17.5 Å². The van der Waals surface area contributed by atoms with Gasteiger partial charge in [0.05, 0.1) is 12.3 Å². The van der Waals surface area contributed by atoms with Crippen molar-refractivity contribution in [2.75, 3.05) is 13.2 Å². The lowest BCUT2D eigenvalue weighted by Crippen LogP contribution is -2.16. The Morgan fingerprint density at radius 3 is 2.69 bits per heavy atom. The molecule has 0 amide bonds. The van der Waals surface area contributed by atoms with Gasteiger partial charge < -0.3 is 10.8 Å². The lowest BCUT2D eigenvalue weighted by atomic mass is 10.0. The van der Waals surface area contributed by atoms with Crippen LogP contribution in [0.15, 0.2) is 6.07 Å². The highest BCUT2D eigenvalue weighted by molar-refractivity contribution is 5.15. The molecule has 1 aromatic heterocycles. The van der Waals surface area contributed by atoms with Crippen LogP contribution in [0.1, 0.15) is 37.1 Å². The van der Waals surface area contributed by atoms with Crippen LogP contribution >= 0.6 is 0 Å². The number of hydrogen-bond donors (Lipinski definition) is 3. The highest BCUT2D eigenvalue weighted by atomic mass is 16.3. The second-order valence-electron chi connectivity index (χ2n) is 3.52. The van der Waals surface area contributed by atoms with Gasteiger partial charge in [-0.15, -0.1) is 0 Å². The van der Waals surface area contributed by atoms with Gasteiger partial charge in [-0.25, -0.2) is 0 Å². The molecular formula is C9H17N3O. The summed E-state index contributed by atoms with van der Waals surface area (Å²) in [7, 11) is 0. The van der Waals surface area contributed by atoms with Crippen LogP contribution in [0, 0.1) is 0 Å². The minimum atomic E-state index is -0.0139. The van der Waals surface area contributed by atoms with Crippen molar-refractivity contribution in [2.45, 2.75) is 25.7 Å². The average molecular weight is 183 g/mol. The van der Waals surface area contributed by atoms with E-state index in [0.29, 0.717) is 12.5 Å². The van der Waals surface area contributed by atoms with Crippen molar-refractivity contribution in [3.8, 4) is 0 Å². The summed E-state index contributed by atoms with van der Waals surface area (Å²) >= 11 is 0. The largest absolute Gasteiger partial charge is 0.396 e. The molecule has 0 aliphatic rings. The molecule has 0 saturated carbocycles. The van der Waals surface area contributed by atoms with Crippen molar-refractivity contribution in [3.63, 3.8) is 0 Å². The molecule has 1 unspecified atom stereocenters. The summed E-state index contributed by atoms with van der Waals surface area (Å²) < 4.78 is 0. The Bertz CT molecular complexity index is 253. The van der Waals surface area contributed by atoms with E-state index in [1.165, 1.54) is 0 Å². The molecule has 1 rings (SSSR count). The Hall–Kier alpha value is -0.870. The van der Waals surface area contributed by atoms with E-state index >= 15 is 0 Å². The Morgan fingerprint density at radius 2 is 2.31 bits per heavy atom. The number of aromatic nitrogens is 2. The predicted octanol–water partition coefficient (Wildman–Crippen LogP) is 0.568. The molecule has 13 heavy (non-hydrogen) atoms. The van der Waals surface area contributed by atoms with Crippen LogP contribution in [0.2, 0.25) is 0 Å². The average Bonchev–Trinajstić information content (AvgIpc) is 2.56. The molecule has 74 valence electrons. The monoisotopic (exact) mass is 183 g/mol. The van der Waals surface area contributed by atoms with Gasteiger partial charge in [0, 0.05) is 18.2 Å². The van der Waals surface area contributed by atoms with Crippen molar-refractivity contribution >= 4 is 0 Å². The van der Waals surface area contributed by atoms with Gasteiger partial charge in [0.1, 0.15) is 0 Å². The number of nitrogens with zero attached hydrogens (tertiary/aromatic N) is 1. The molecule has 0 aliphatic carbocycles. The van der Waals surface area contributed by atoms with Crippen molar-refractivity contribution < 1.29 is 5.11 Å². The van der Waals surface area contributed by atoms with Crippen molar-refractivity contribution in [1.29, 1.82) is 0 Å². The first-order valence-corrected chi connectivity index (χ1v) is 4.55. The molecule has 0 bridgehead atoms. The zero-order valence-corrected chi connectivity index (χ0v) is 8.12. The third-order valence-corrected chi connectivity index (χ3v) is 2.15. The number of aliphatic hydroxyl groups excluding tert-OH is 1. The van der Waals surface area contributed by atoms with Crippen LogP contribution in [0.3, 0.4) is 0 Å². The molecular weight excluding hydrogens is 166 g/mol. The minimum Gasteiger partial charge on any atom is -0.396 e. The van der Waals surface area contributed by atoms with Crippen LogP contribution in [-0.4, -0.2) is 28.5 Å². The summed E-state index contributed by atoms with van der Waals surface area (Å²) in [5.74, 6) is 0.391. The summed E-state index contributed by atoms with van der Waals surface area (Å²) in [6.07, 6.45) is 0. The topological polar surface area (TPSA) is 74.9 Å². The van der Waals surface area contributed by atoms with Gasteiger partial charge in [-0.2, -0.15) is 5.10 Å². The fraction of sp³-hybridized carbons (Fsp3) is 0.667. The number of hydrogen-bond acceptors (Lipinski definition) is 3. The molecule has 0 aliphatic heterocycles. The number of aliphatic hydroxyl groups is 1. The second-order valence-corrected chi connectivity index (χ2v) is 3.52. The molecule has 1 atom stereocenters. The Balaban J connectivity index is 2.78.